The first-order valence-electron chi connectivity index (χ1n) is 8.06. The molecule has 0 aliphatic carbocycles. The van der Waals surface area contributed by atoms with Gasteiger partial charge in [0.2, 0.25) is 0 Å². The number of aliphatic hydroxyl groups is 1. The van der Waals surface area contributed by atoms with Crippen LogP contribution in [-0.4, -0.2) is 24.2 Å². The molecular formula is C19H23ClN2O2. The number of hydrogen-bond donors (Lipinski definition) is 3. The van der Waals surface area contributed by atoms with Crippen molar-refractivity contribution >= 4 is 23.2 Å². The minimum absolute atomic E-state index is 0.159. The van der Waals surface area contributed by atoms with Crippen LogP contribution in [-0.2, 0) is 6.54 Å². The quantitative estimate of drug-likeness (QED) is 0.683. The van der Waals surface area contributed by atoms with Crippen molar-refractivity contribution in [3.63, 3.8) is 0 Å². The summed E-state index contributed by atoms with van der Waals surface area (Å²) in [5.74, 6) is 0.274. The van der Waals surface area contributed by atoms with Gasteiger partial charge in [-0.2, -0.15) is 0 Å². The summed E-state index contributed by atoms with van der Waals surface area (Å²) < 4.78 is 0. The van der Waals surface area contributed by atoms with Gasteiger partial charge in [-0.1, -0.05) is 30.7 Å². The van der Waals surface area contributed by atoms with Crippen LogP contribution in [0.5, 0.6) is 0 Å². The van der Waals surface area contributed by atoms with Crippen molar-refractivity contribution in [2.75, 3.05) is 18.5 Å². The Morgan fingerprint density at radius 1 is 1.21 bits per heavy atom. The Balaban J connectivity index is 1.90. The molecule has 3 N–H and O–H groups in total. The van der Waals surface area contributed by atoms with E-state index in [4.69, 9.17) is 16.7 Å². The summed E-state index contributed by atoms with van der Waals surface area (Å²) in [5.41, 5.74) is 2.43. The molecule has 2 rings (SSSR count). The largest absolute Gasteiger partial charge is 0.396 e. The van der Waals surface area contributed by atoms with E-state index in [1.165, 1.54) is 0 Å². The maximum atomic E-state index is 12.2. The molecule has 128 valence electrons. The Morgan fingerprint density at radius 2 is 1.96 bits per heavy atom. The average molecular weight is 347 g/mol. The van der Waals surface area contributed by atoms with E-state index in [0.29, 0.717) is 16.5 Å². The van der Waals surface area contributed by atoms with E-state index in [9.17, 15) is 4.79 Å². The Hall–Kier alpha value is -1.88. The first-order valence-corrected chi connectivity index (χ1v) is 8.43. The van der Waals surface area contributed by atoms with Crippen molar-refractivity contribution in [3.05, 3.63) is 64.7 Å². The fourth-order valence-electron chi connectivity index (χ4n) is 2.35. The van der Waals surface area contributed by atoms with E-state index in [-0.39, 0.29) is 12.5 Å². The second kappa shape index (κ2) is 9.42. The molecule has 0 radical (unpaired) electrons. The fourth-order valence-corrected chi connectivity index (χ4v) is 2.47. The Kier molecular flexibility index (Phi) is 7.25. The molecule has 0 bridgehead atoms. The topological polar surface area (TPSA) is 61.4 Å². The van der Waals surface area contributed by atoms with Gasteiger partial charge >= 0.3 is 0 Å². The molecule has 0 heterocycles. The Morgan fingerprint density at radius 3 is 2.67 bits per heavy atom. The number of carbonyl (C=O) groups is 1. The lowest BCUT2D eigenvalue weighted by Gasteiger charge is -2.12. The van der Waals surface area contributed by atoms with E-state index >= 15 is 0 Å². The fraction of sp³-hybridized carbons (Fsp3) is 0.316. The van der Waals surface area contributed by atoms with E-state index in [2.05, 4.69) is 17.6 Å². The van der Waals surface area contributed by atoms with Gasteiger partial charge < -0.3 is 15.7 Å². The Labute approximate surface area is 147 Å². The highest BCUT2D eigenvalue weighted by Gasteiger charge is 2.06. The summed E-state index contributed by atoms with van der Waals surface area (Å²) in [7, 11) is 0. The molecule has 0 saturated carbocycles. The normalized spacial score (nSPS) is 12.0. The lowest BCUT2D eigenvalue weighted by Crippen LogP contribution is -2.21. The first-order chi connectivity index (χ1) is 11.6. The van der Waals surface area contributed by atoms with Gasteiger partial charge in [-0.3, -0.25) is 4.79 Å². The number of hydrogen-bond acceptors (Lipinski definition) is 3. The van der Waals surface area contributed by atoms with Gasteiger partial charge in [-0.05, 0) is 60.8 Å². The van der Waals surface area contributed by atoms with Crippen LogP contribution in [0.3, 0.4) is 0 Å². The van der Waals surface area contributed by atoms with Gasteiger partial charge in [0, 0.05) is 29.4 Å². The number of aliphatic hydroxyl groups excluding tert-OH is 1. The standard InChI is InChI=1S/C19H23ClN2O2/c1-14(9-10-23)12-21-13-15-3-2-4-18(11-15)22-19(24)16-5-7-17(20)8-6-16/h2-8,11,14,21,23H,9-10,12-13H2,1H3,(H,22,24). The molecule has 0 fully saturated rings. The summed E-state index contributed by atoms with van der Waals surface area (Å²) >= 11 is 5.84. The SMILES string of the molecule is CC(CCO)CNCc1cccc(NC(=O)c2ccc(Cl)cc2)c1. The van der Waals surface area contributed by atoms with Crippen molar-refractivity contribution in [1.82, 2.24) is 5.32 Å². The number of rotatable bonds is 8. The van der Waals surface area contributed by atoms with Gasteiger partial charge in [-0.15, -0.1) is 0 Å². The highest BCUT2D eigenvalue weighted by Crippen LogP contribution is 2.14. The highest BCUT2D eigenvalue weighted by atomic mass is 35.5. The summed E-state index contributed by atoms with van der Waals surface area (Å²) in [5, 5.41) is 15.8. The predicted molar refractivity (Wildman–Crippen MR) is 98.4 cm³/mol. The molecule has 0 aliphatic heterocycles. The van der Waals surface area contributed by atoms with Crippen LogP contribution in [0.25, 0.3) is 0 Å². The summed E-state index contributed by atoms with van der Waals surface area (Å²) in [6.07, 6.45) is 0.796. The van der Waals surface area contributed by atoms with Crippen molar-refractivity contribution in [2.45, 2.75) is 19.9 Å². The van der Waals surface area contributed by atoms with Crippen LogP contribution in [0.15, 0.2) is 48.5 Å². The number of carbonyl (C=O) groups excluding carboxylic acids is 1. The number of amides is 1. The summed E-state index contributed by atoms with van der Waals surface area (Å²) in [6.45, 7) is 3.89. The Bertz CT molecular complexity index is 659. The van der Waals surface area contributed by atoms with Crippen LogP contribution in [0.2, 0.25) is 5.02 Å². The van der Waals surface area contributed by atoms with E-state index in [1.807, 2.05) is 24.3 Å². The van der Waals surface area contributed by atoms with Crippen LogP contribution in [0.1, 0.15) is 29.3 Å². The molecule has 2 aromatic carbocycles. The lowest BCUT2D eigenvalue weighted by atomic mass is 10.1. The summed E-state index contributed by atoms with van der Waals surface area (Å²) in [6, 6.07) is 14.6. The van der Waals surface area contributed by atoms with Crippen LogP contribution in [0, 0.1) is 5.92 Å². The molecule has 1 atom stereocenters. The zero-order valence-electron chi connectivity index (χ0n) is 13.8. The molecule has 1 unspecified atom stereocenters. The third-order valence-corrected chi connectivity index (χ3v) is 3.99. The zero-order chi connectivity index (χ0) is 17.4. The third-order valence-electron chi connectivity index (χ3n) is 3.74. The minimum Gasteiger partial charge on any atom is -0.396 e. The van der Waals surface area contributed by atoms with Crippen molar-refractivity contribution < 1.29 is 9.90 Å². The number of anilines is 1. The van der Waals surface area contributed by atoms with Crippen molar-refractivity contribution in [2.24, 2.45) is 5.92 Å². The van der Waals surface area contributed by atoms with Crippen LogP contribution in [0.4, 0.5) is 5.69 Å². The maximum Gasteiger partial charge on any atom is 0.255 e. The second-order valence-corrected chi connectivity index (χ2v) is 6.35. The van der Waals surface area contributed by atoms with E-state index < -0.39 is 0 Å². The molecule has 0 aliphatic rings. The molecular weight excluding hydrogens is 324 g/mol. The molecule has 0 aromatic heterocycles. The average Bonchev–Trinajstić information content (AvgIpc) is 2.56. The number of benzene rings is 2. The first kappa shape index (κ1) is 18.5. The molecule has 5 heteroatoms. The maximum absolute atomic E-state index is 12.2. The third kappa shape index (κ3) is 5.96. The van der Waals surface area contributed by atoms with Gasteiger partial charge in [0.15, 0.2) is 0 Å². The zero-order valence-corrected chi connectivity index (χ0v) is 14.5. The molecule has 24 heavy (non-hydrogen) atoms. The lowest BCUT2D eigenvalue weighted by molar-refractivity contribution is 0.102. The van der Waals surface area contributed by atoms with Crippen molar-refractivity contribution in [1.29, 1.82) is 0 Å². The van der Waals surface area contributed by atoms with Gasteiger partial charge in [-0.25, -0.2) is 0 Å². The second-order valence-electron chi connectivity index (χ2n) is 5.91. The van der Waals surface area contributed by atoms with Crippen LogP contribution < -0.4 is 10.6 Å². The van der Waals surface area contributed by atoms with Crippen LogP contribution >= 0.6 is 11.6 Å². The van der Waals surface area contributed by atoms with Gasteiger partial charge in [0.05, 0.1) is 0 Å². The smallest absolute Gasteiger partial charge is 0.255 e. The molecule has 2 aromatic rings. The highest BCUT2D eigenvalue weighted by molar-refractivity contribution is 6.30. The number of halogens is 1. The number of nitrogens with one attached hydrogen (secondary N) is 2. The van der Waals surface area contributed by atoms with Crippen molar-refractivity contribution in [3.8, 4) is 0 Å². The molecule has 0 spiro atoms. The summed E-state index contributed by atoms with van der Waals surface area (Å²) in [4.78, 5) is 12.2. The van der Waals surface area contributed by atoms with Gasteiger partial charge in [0.1, 0.15) is 0 Å². The van der Waals surface area contributed by atoms with Gasteiger partial charge in [0.25, 0.3) is 5.91 Å². The molecule has 0 saturated heterocycles. The molecule has 4 nitrogen and oxygen atoms in total. The molecule has 1 amide bonds. The van der Waals surface area contributed by atoms with E-state index in [0.717, 1.165) is 30.8 Å². The predicted octanol–water partition coefficient (Wildman–Crippen LogP) is 3.70. The minimum atomic E-state index is -0.159. The van der Waals surface area contributed by atoms with E-state index in [1.54, 1.807) is 24.3 Å². The monoisotopic (exact) mass is 346 g/mol.